The summed E-state index contributed by atoms with van der Waals surface area (Å²) in [5, 5.41) is 14.0. The average Bonchev–Trinajstić information content (AvgIpc) is 3.28. The van der Waals surface area contributed by atoms with Gasteiger partial charge in [0.15, 0.2) is 10.0 Å². The highest BCUT2D eigenvalue weighted by Crippen LogP contribution is 2.27. The van der Waals surface area contributed by atoms with Crippen molar-refractivity contribution in [2.75, 3.05) is 24.2 Å². The number of carboxylic acids is 1. The fourth-order valence-electron chi connectivity index (χ4n) is 3.36. The first kappa shape index (κ1) is 20.7. The van der Waals surface area contributed by atoms with Crippen LogP contribution in [0.3, 0.4) is 0 Å². The van der Waals surface area contributed by atoms with Crippen LogP contribution in [0.25, 0.3) is 0 Å². The van der Waals surface area contributed by atoms with E-state index in [2.05, 4.69) is 42.3 Å². The van der Waals surface area contributed by atoms with Crippen molar-refractivity contribution in [3.8, 4) is 0 Å². The third kappa shape index (κ3) is 5.05. The van der Waals surface area contributed by atoms with Gasteiger partial charge in [-0.2, -0.15) is 0 Å². The molecule has 0 aliphatic carbocycles. The van der Waals surface area contributed by atoms with Gasteiger partial charge < -0.3 is 15.3 Å². The zero-order valence-electron chi connectivity index (χ0n) is 16.1. The van der Waals surface area contributed by atoms with Gasteiger partial charge in [-0.25, -0.2) is 9.78 Å². The van der Waals surface area contributed by atoms with Crippen molar-refractivity contribution in [3.05, 3.63) is 40.9 Å². The molecule has 1 atom stereocenters. The number of rotatable bonds is 9. The number of aromatic carboxylic acids is 1. The molecule has 1 aliphatic rings. The maximum absolute atomic E-state index is 12.3. The summed E-state index contributed by atoms with van der Waals surface area (Å²) >= 11 is 2.83. The molecule has 1 fully saturated rings. The Morgan fingerprint density at radius 3 is 2.93 bits per heavy atom. The van der Waals surface area contributed by atoms with Gasteiger partial charge in [0, 0.05) is 42.4 Å². The van der Waals surface area contributed by atoms with Crippen LogP contribution < -0.4 is 5.32 Å². The van der Waals surface area contributed by atoms with Crippen molar-refractivity contribution in [1.82, 2.24) is 9.88 Å². The molecule has 8 heteroatoms. The maximum Gasteiger partial charge on any atom is 0.355 e. The molecule has 0 bridgehead atoms. The van der Waals surface area contributed by atoms with Gasteiger partial charge in [0.2, 0.25) is 5.91 Å². The molecule has 150 valence electrons. The molecule has 28 heavy (non-hydrogen) atoms. The molecule has 2 heterocycles. The summed E-state index contributed by atoms with van der Waals surface area (Å²) in [6.45, 7) is 5.74. The summed E-state index contributed by atoms with van der Waals surface area (Å²) in [6.07, 6.45) is 1.45. The molecule has 6 nitrogen and oxygen atoms in total. The molecule has 0 spiro atoms. The Morgan fingerprint density at radius 1 is 1.43 bits per heavy atom. The Labute approximate surface area is 173 Å². The van der Waals surface area contributed by atoms with E-state index in [4.69, 9.17) is 5.11 Å². The van der Waals surface area contributed by atoms with Crippen molar-refractivity contribution in [2.45, 2.75) is 43.0 Å². The van der Waals surface area contributed by atoms with Gasteiger partial charge in [-0.1, -0.05) is 43.8 Å². The fraction of sp³-hybridized carbons (Fsp3) is 0.450. The number of carbonyl (C=O) groups is 2. The largest absolute Gasteiger partial charge is 0.476 e. The molecule has 0 radical (unpaired) electrons. The number of carboxylic acid groups (broad SMARTS) is 1. The van der Waals surface area contributed by atoms with Crippen LogP contribution in [0.5, 0.6) is 0 Å². The Balaban J connectivity index is 1.53. The fourth-order valence-corrected chi connectivity index (χ4v) is 5.16. The van der Waals surface area contributed by atoms with Gasteiger partial charge in [-0.15, -0.1) is 11.3 Å². The lowest BCUT2D eigenvalue weighted by Gasteiger charge is -2.26. The van der Waals surface area contributed by atoms with Crippen LogP contribution in [0, 0.1) is 0 Å². The van der Waals surface area contributed by atoms with Gasteiger partial charge in [-0.05, 0) is 24.0 Å². The summed E-state index contributed by atoms with van der Waals surface area (Å²) in [5.41, 5.74) is 2.50. The van der Waals surface area contributed by atoms with E-state index in [1.54, 1.807) is 5.38 Å². The number of thioether (sulfide) groups is 1. The predicted octanol–water partition coefficient (Wildman–Crippen LogP) is 4.16. The molecule has 1 aliphatic heterocycles. The standard InChI is InChI=1S/C20H25N3O3S2/c1-13(2)15-5-3-4-6-16(15)21-11-14-7-8-18(24)23(14)9-10-27-20-22-17(12-28-20)19(25)26/h3-6,12-14,21H,7-11H2,1-2H3,(H,25,26). The molecule has 1 unspecified atom stereocenters. The van der Waals surface area contributed by atoms with Crippen LogP contribution in [-0.2, 0) is 4.79 Å². The minimum Gasteiger partial charge on any atom is -0.476 e. The van der Waals surface area contributed by atoms with Gasteiger partial charge in [-0.3, -0.25) is 4.79 Å². The molecule has 1 aromatic heterocycles. The van der Waals surface area contributed by atoms with Crippen LogP contribution in [0.15, 0.2) is 34.0 Å². The van der Waals surface area contributed by atoms with E-state index in [1.807, 2.05) is 11.0 Å². The van der Waals surface area contributed by atoms with E-state index in [0.29, 0.717) is 24.6 Å². The molecule has 1 amide bonds. The van der Waals surface area contributed by atoms with Crippen LogP contribution in [0.4, 0.5) is 5.69 Å². The highest BCUT2D eigenvalue weighted by atomic mass is 32.2. The lowest BCUT2D eigenvalue weighted by Crippen LogP contribution is -2.39. The number of likely N-dealkylation sites (tertiary alicyclic amines) is 1. The van der Waals surface area contributed by atoms with E-state index in [9.17, 15) is 9.59 Å². The van der Waals surface area contributed by atoms with E-state index in [0.717, 1.165) is 23.0 Å². The summed E-state index contributed by atoms with van der Waals surface area (Å²) < 4.78 is 0.726. The third-order valence-electron chi connectivity index (χ3n) is 4.82. The number of carbonyl (C=O) groups excluding carboxylic acids is 1. The Kier molecular flexibility index (Phi) is 6.96. The van der Waals surface area contributed by atoms with E-state index >= 15 is 0 Å². The number of anilines is 1. The van der Waals surface area contributed by atoms with Gasteiger partial charge >= 0.3 is 5.97 Å². The van der Waals surface area contributed by atoms with Crippen molar-refractivity contribution >= 4 is 40.7 Å². The van der Waals surface area contributed by atoms with Gasteiger partial charge in [0.1, 0.15) is 0 Å². The Bertz CT molecular complexity index is 838. The zero-order chi connectivity index (χ0) is 20.1. The number of para-hydroxylation sites is 1. The molecule has 3 rings (SSSR count). The highest BCUT2D eigenvalue weighted by molar-refractivity contribution is 8.01. The number of thiazole rings is 1. The number of amides is 1. The second-order valence-electron chi connectivity index (χ2n) is 7.05. The van der Waals surface area contributed by atoms with Crippen LogP contribution in [0.2, 0.25) is 0 Å². The summed E-state index contributed by atoms with van der Waals surface area (Å²) in [5.74, 6) is 0.327. The predicted molar refractivity (Wildman–Crippen MR) is 114 cm³/mol. The first-order valence-electron chi connectivity index (χ1n) is 9.39. The molecular formula is C20H25N3O3S2. The van der Waals surface area contributed by atoms with Crippen molar-refractivity contribution in [1.29, 1.82) is 0 Å². The van der Waals surface area contributed by atoms with Crippen molar-refractivity contribution in [2.24, 2.45) is 0 Å². The number of hydrogen-bond acceptors (Lipinski definition) is 6. The molecule has 0 saturated carbocycles. The molecule has 1 aromatic carbocycles. The SMILES string of the molecule is CC(C)c1ccccc1NCC1CCC(=O)N1CCSc1nc(C(=O)O)cs1. The smallest absolute Gasteiger partial charge is 0.355 e. The molecule has 1 saturated heterocycles. The van der Waals surface area contributed by atoms with Crippen molar-refractivity contribution in [3.63, 3.8) is 0 Å². The zero-order valence-corrected chi connectivity index (χ0v) is 17.7. The van der Waals surface area contributed by atoms with Gasteiger partial charge in [0.25, 0.3) is 0 Å². The van der Waals surface area contributed by atoms with Gasteiger partial charge in [0.05, 0.1) is 0 Å². The van der Waals surface area contributed by atoms with Crippen LogP contribution >= 0.6 is 23.1 Å². The second-order valence-corrected chi connectivity index (χ2v) is 9.25. The van der Waals surface area contributed by atoms with Crippen LogP contribution in [-0.4, -0.2) is 51.8 Å². The Hall–Kier alpha value is -2.06. The molecule has 2 aromatic rings. The topological polar surface area (TPSA) is 82.5 Å². The second kappa shape index (κ2) is 9.43. The summed E-state index contributed by atoms with van der Waals surface area (Å²) in [7, 11) is 0. The first-order valence-corrected chi connectivity index (χ1v) is 11.3. The number of nitrogens with zero attached hydrogens (tertiary/aromatic N) is 2. The lowest BCUT2D eigenvalue weighted by molar-refractivity contribution is -0.128. The highest BCUT2D eigenvalue weighted by Gasteiger charge is 2.30. The first-order chi connectivity index (χ1) is 13.5. The minimum atomic E-state index is -1.01. The molecule has 2 N–H and O–H groups in total. The van der Waals surface area contributed by atoms with E-state index in [1.165, 1.54) is 28.7 Å². The number of hydrogen-bond donors (Lipinski definition) is 2. The summed E-state index contributed by atoms with van der Waals surface area (Å²) in [4.78, 5) is 29.2. The lowest BCUT2D eigenvalue weighted by atomic mass is 10.0. The van der Waals surface area contributed by atoms with Crippen LogP contribution in [0.1, 0.15) is 48.7 Å². The van der Waals surface area contributed by atoms with E-state index in [-0.39, 0.29) is 17.6 Å². The third-order valence-corrected chi connectivity index (χ3v) is 6.82. The number of aromatic nitrogens is 1. The van der Waals surface area contributed by atoms with E-state index < -0.39 is 5.97 Å². The summed E-state index contributed by atoms with van der Waals surface area (Å²) in [6, 6.07) is 8.49. The minimum absolute atomic E-state index is 0.0793. The average molecular weight is 420 g/mol. The monoisotopic (exact) mass is 419 g/mol. The number of benzene rings is 1. The number of nitrogens with one attached hydrogen (secondary N) is 1. The normalized spacial score (nSPS) is 16.8. The Morgan fingerprint density at radius 2 is 2.21 bits per heavy atom. The molecular weight excluding hydrogens is 394 g/mol. The maximum atomic E-state index is 12.3. The quantitative estimate of drug-likeness (QED) is 0.594. The van der Waals surface area contributed by atoms with Crippen molar-refractivity contribution < 1.29 is 14.7 Å².